The van der Waals surface area contributed by atoms with Crippen molar-refractivity contribution in [2.45, 2.75) is 6.54 Å². The van der Waals surface area contributed by atoms with Crippen molar-refractivity contribution in [3.8, 4) is 0 Å². The second-order valence-corrected chi connectivity index (χ2v) is 2.68. The minimum atomic E-state index is 0.434. The van der Waals surface area contributed by atoms with Gasteiger partial charge in [0.25, 0.3) is 0 Å². The Hall–Kier alpha value is -1.14. The van der Waals surface area contributed by atoms with Crippen molar-refractivity contribution < 1.29 is 4.74 Å². The van der Waals surface area contributed by atoms with Crippen LogP contribution >= 0.6 is 0 Å². The maximum Gasteiger partial charge on any atom is 0.218 e. The molecule has 0 fully saturated rings. The number of nitrogens with zero attached hydrogens (tertiary/aromatic N) is 3. The van der Waals surface area contributed by atoms with Gasteiger partial charge in [-0.3, -0.25) is 0 Å². The summed E-state index contributed by atoms with van der Waals surface area (Å²) in [4.78, 5) is 4.03. The summed E-state index contributed by atoms with van der Waals surface area (Å²) in [7, 11) is 3.43. The number of methoxy groups -OCH3 is 1. The maximum atomic E-state index is 5.51. The number of nitrogens with two attached hydrogens (primary N) is 1. The van der Waals surface area contributed by atoms with E-state index in [9.17, 15) is 0 Å². The zero-order valence-corrected chi connectivity index (χ0v) is 7.95. The molecule has 0 unspecified atom stereocenters. The van der Waals surface area contributed by atoms with Crippen molar-refractivity contribution in [1.29, 1.82) is 0 Å². The Kier molecular flexibility index (Phi) is 3.66. The highest BCUT2D eigenvalue weighted by atomic mass is 16.5. The van der Waals surface area contributed by atoms with Gasteiger partial charge in [-0.1, -0.05) is 0 Å². The van der Waals surface area contributed by atoms with Crippen LogP contribution in [0.1, 0.15) is 5.82 Å². The topological polar surface area (TPSA) is 78.0 Å². The molecule has 1 heterocycles. The molecule has 0 aromatic carbocycles. The Morgan fingerprint density at radius 2 is 2.38 bits per heavy atom. The molecule has 74 valence electrons. The second kappa shape index (κ2) is 4.78. The molecule has 0 aliphatic heterocycles. The van der Waals surface area contributed by atoms with E-state index in [0.29, 0.717) is 24.9 Å². The van der Waals surface area contributed by atoms with Gasteiger partial charge in [-0.25, -0.2) is 4.68 Å². The van der Waals surface area contributed by atoms with Crippen LogP contribution in [-0.4, -0.2) is 35.0 Å². The first-order valence-electron chi connectivity index (χ1n) is 4.09. The Balaban J connectivity index is 2.29. The molecule has 1 aromatic heterocycles. The van der Waals surface area contributed by atoms with Gasteiger partial charge in [-0.15, -0.1) is 0 Å². The molecule has 0 aliphatic carbocycles. The van der Waals surface area contributed by atoms with E-state index in [1.165, 1.54) is 0 Å². The van der Waals surface area contributed by atoms with E-state index in [1.807, 2.05) is 0 Å². The van der Waals surface area contributed by atoms with Gasteiger partial charge in [-0.2, -0.15) is 10.1 Å². The van der Waals surface area contributed by atoms with Crippen LogP contribution in [0.15, 0.2) is 0 Å². The lowest BCUT2D eigenvalue weighted by molar-refractivity contribution is 0.199. The van der Waals surface area contributed by atoms with E-state index in [-0.39, 0.29) is 0 Å². The molecule has 0 amide bonds. The van der Waals surface area contributed by atoms with Gasteiger partial charge < -0.3 is 15.8 Å². The van der Waals surface area contributed by atoms with Crippen LogP contribution in [0.25, 0.3) is 0 Å². The third-order valence-electron chi connectivity index (χ3n) is 1.61. The van der Waals surface area contributed by atoms with Gasteiger partial charge in [0.2, 0.25) is 5.95 Å². The van der Waals surface area contributed by atoms with Crippen LogP contribution < -0.4 is 11.1 Å². The third kappa shape index (κ3) is 3.00. The van der Waals surface area contributed by atoms with Gasteiger partial charge in [-0.05, 0) is 0 Å². The number of hydrogen-bond acceptors (Lipinski definition) is 5. The number of aromatic nitrogens is 3. The highest BCUT2D eigenvalue weighted by Crippen LogP contribution is 1.95. The highest BCUT2D eigenvalue weighted by Gasteiger charge is 2.01. The Morgan fingerprint density at radius 1 is 1.62 bits per heavy atom. The molecule has 6 nitrogen and oxygen atoms in total. The third-order valence-corrected chi connectivity index (χ3v) is 1.61. The van der Waals surface area contributed by atoms with Crippen molar-refractivity contribution in [2.75, 3.05) is 26.0 Å². The summed E-state index contributed by atoms with van der Waals surface area (Å²) in [6.45, 7) is 2.09. The lowest BCUT2D eigenvalue weighted by atomic mass is 10.5. The first-order chi connectivity index (χ1) is 6.24. The first-order valence-corrected chi connectivity index (χ1v) is 4.09. The first kappa shape index (κ1) is 9.94. The van der Waals surface area contributed by atoms with Crippen LogP contribution in [0.3, 0.4) is 0 Å². The lowest BCUT2D eigenvalue weighted by Gasteiger charge is -1.99. The Morgan fingerprint density at radius 3 is 2.92 bits per heavy atom. The standard InChI is InChI=1S/C7H15N5O/c1-12-7(8)10-6(11-12)5-9-3-4-13-2/h9H,3-5H2,1-2H3,(H2,8,10,11). The molecule has 0 spiro atoms. The van der Waals surface area contributed by atoms with Gasteiger partial charge >= 0.3 is 0 Å². The number of hydrogen-bond donors (Lipinski definition) is 2. The van der Waals surface area contributed by atoms with E-state index < -0.39 is 0 Å². The number of nitrogen functional groups attached to an aromatic ring is 1. The van der Waals surface area contributed by atoms with E-state index in [4.69, 9.17) is 10.5 Å². The zero-order chi connectivity index (χ0) is 9.68. The second-order valence-electron chi connectivity index (χ2n) is 2.68. The minimum Gasteiger partial charge on any atom is -0.383 e. The minimum absolute atomic E-state index is 0.434. The van der Waals surface area contributed by atoms with E-state index in [2.05, 4.69) is 15.4 Å². The maximum absolute atomic E-state index is 5.51. The fourth-order valence-corrected chi connectivity index (χ4v) is 0.901. The molecule has 3 N–H and O–H groups in total. The molecule has 0 saturated carbocycles. The predicted octanol–water partition coefficient (Wildman–Crippen LogP) is -0.867. The smallest absolute Gasteiger partial charge is 0.218 e. The molecule has 1 aromatic rings. The quantitative estimate of drug-likeness (QED) is 0.583. The number of aryl methyl sites for hydroxylation is 1. The highest BCUT2D eigenvalue weighted by molar-refractivity contribution is 5.14. The largest absolute Gasteiger partial charge is 0.383 e. The normalized spacial score (nSPS) is 10.6. The van der Waals surface area contributed by atoms with Gasteiger partial charge in [0.05, 0.1) is 13.2 Å². The number of ether oxygens (including phenoxy) is 1. The van der Waals surface area contributed by atoms with Crippen molar-refractivity contribution >= 4 is 5.95 Å². The molecule has 1 rings (SSSR count). The monoisotopic (exact) mass is 185 g/mol. The average Bonchev–Trinajstić information content (AvgIpc) is 2.41. The molecule has 0 bridgehead atoms. The summed E-state index contributed by atoms with van der Waals surface area (Å²) in [6.07, 6.45) is 0. The van der Waals surface area contributed by atoms with Crippen molar-refractivity contribution in [3.05, 3.63) is 5.82 Å². The molecule has 0 aliphatic rings. The molecular formula is C7H15N5O. The molecule has 0 saturated heterocycles. The zero-order valence-electron chi connectivity index (χ0n) is 7.95. The van der Waals surface area contributed by atoms with Gasteiger partial charge in [0, 0.05) is 20.7 Å². The number of nitrogens with one attached hydrogen (secondary N) is 1. The van der Waals surface area contributed by atoms with E-state index >= 15 is 0 Å². The van der Waals surface area contributed by atoms with Crippen molar-refractivity contribution in [1.82, 2.24) is 20.1 Å². The van der Waals surface area contributed by atoms with Crippen LogP contribution in [0.4, 0.5) is 5.95 Å². The van der Waals surface area contributed by atoms with Crippen molar-refractivity contribution in [2.24, 2.45) is 7.05 Å². The van der Waals surface area contributed by atoms with Crippen molar-refractivity contribution in [3.63, 3.8) is 0 Å². The molecular weight excluding hydrogens is 170 g/mol. The van der Waals surface area contributed by atoms with Crippen LogP contribution in [0, 0.1) is 0 Å². The van der Waals surface area contributed by atoms with Crippen LogP contribution in [0.5, 0.6) is 0 Å². The predicted molar refractivity (Wildman–Crippen MR) is 49.0 cm³/mol. The lowest BCUT2D eigenvalue weighted by Crippen LogP contribution is -2.19. The molecule has 6 heteroatoms. The Bertz CT molecular complexity index is 240. The molecule has 13 heavy (non-hydrogen) atoms. The summed E-state index contributed by atoms with van der Waals surface area (Å²) < 4.78 is 6.42. The average molecular weight is 185 g/mol. The number of rotatable bonds is 5. The summed E-state index contributed by atoms with van der Waals surface area (Å²) in [5, 5.41) is 7.21. The van der Waals surface area contributed by atoms with E-state index in [0.717, 1.165) is 6.54 Å². The van der Waals surface area contributed by atoms with Crippen LogP contribution in [0.2, 0.25) is 0 Å². The SMILES string of the molecule is COCCNCc1nc(N)n(C)n1. The summed E-state index contributed by atoms with van der Waals surface area (Å²) >= 11 is 0. The summed E-state index contributed by atoms with van der Waals surface area (Å²) in [5.74, 6) is 1.14. The van der Waals surface area contributed by atoms with Gasteiger partial charge in [0.1, 0.15) is 0 Å². The van der Waals surface area contributed by atoms with Crippen LogP contribution in [-0.2, 0) is 18.3 Å². The fourth-order valence-electron chi connectivity index (χ4n) is 0.901. The summed E-state index contributed by atoms with van der Waals surface area (Å²) in [6, 6.07) is 0. The molecule has 0 atom stereocenters. The Labute approximate surface area is 77.1 Å². The molecule has 0 radical (unpaired) electrons. The summed E-state index contributed by atoms with van der Waals surface area (Å²) in [5.41, 5.74) is 5.51. The number of anilines is 1. The van der Waals surface area contributed by atoms with E-state index in [1.54, 1.807) is 18.8 Å². The van der Waals surface area contributed by atoms with Gasteiger partial charge in [0.15, 0.2) is 5.82 Å². The fraction of sp³-hybridized carbons (Fsp3) is 0.714.